The molecule has 25 heavy (non-hydrogen) atoms. The topological polar surface area (TPSA) is 46.5 Å². The lowest BCUT2D eigenvalue weighted by Gasteiger charge is -2.62. The first-order valence-electron chi connectivity index (χ1n) is 10.9. The molecule has 9 aliphatic carbocycles. The third-order valence-electron chi connectivity index (χ3n) is 12.2. The smallest absolute Gasteiger partial charge is 0.315 e. The van der Waals surface area contributed by atoms with Crippen molar-refractivity contribution in [2.24, 2.45) is 75.9 Å². The summed E-state index contributed by atoms with van der Waals surface area (Å²) in [6.45, 7) is 2.45. The van der Waals surface area contributed by atoms with Crippen LogP contribution in [0.15, 0.2) is 0 Å². The molecule has 0 heterocycles. The van der Waals surface area contributed by atoms with E-state index in [0.717, 1.165) is 29.6 Å². The van der Waals surface area contributed by atoms with Gasteiger partial charge in [0.2, 0.25) is 0 Å². The van der Waals surface area contributed by atoms with Gasteiger partial charge in [0.25, 0.3) is 0 Å². The molecule has 0 amide bonds. The monoisotopic (exact) mass is 340 g/mol. The second kappa shape index (κ2) is 3.34. The average molecular weight is 340 g/mol. The highest BCUT2D eigenvalue weighted by molar-refractivity contribution is 5.83. The molecule has 0 aromatic carbocycles. The molecular formula is C22H28O3. The molecule has 0 radical (unpaired) electrons. The average Bonchev–Trinajstić information content (AvgIpc) is 3.34. The minimum atomic E-state index is -0.761. The zero-order chi connectivity index (χ0) is 16.7. The van der Waals surface area contributed by atoms with Gasteiger partial charge < -0.3 is 9.84 Å². The number of aliphatic hydroxyl groups is 1. The van der Waals surface area contributed by atoms with Gasteiger partial charge in [-0.25, -0.2) is 0 Å². The van der Waals surface area contributed by atoms with E-state index in [1.165, 1.54) is 32.1 Å². The van der Waals surface area contributed by atoms with Gasteiger partial charge in [-0.15, -0.1) is 0 Å². The number of methoxy groups -OCH3 is 1. The summed E-state index contributed by atoms with van der Waals surface area (Å²) in [5.41, 5.74) is -1.30. The summed E-state index contributed by atoms with van der Waals surface area (Å²) in [6, 6.07) is 0. The van der Waals surface area contributed by atoms with E-state index in [-0.39, 0.29) is 11.4 Å². The van der Waals surface area contributed by atoms with Crippen LogP contribution in [0.4, 0.5) is 0 Å². The summed E-state index contributed by atoms with van der Waals surface area (Å²) in [7, 11) is 1.58. The molecule has 3 nitrogen and oxygen atoms in total. The maximum absolute atomic E-state index is 13.6. The van der Waals surface area contributed by atoms with Gasteiger partial charge in [-0.1, -0.05) is 13.3 Å². The van der Waals surface area contributed by atoms with Crippen molar-refractivity contribution in [2.45, 2.75) is 44.6 Å². The Labute approximate surface area is 148 Å². The summed E-state index contributed by atoms with van der Waals surface area (Å²) in [5.74, 6) is 7.12. The van der Waals surface area contributed by atoms with Crippen LogP contribution in [0.3, 0.4) is 0 Å². The highest BCUT2D eigenvalue weighted by Crippen LogP contribution is 2.98. The SMILES string of the molecule is COC(=O)[C@@]12[C@@H]3[C@@H]4CC[C@@H]5[C@@H]4[C@@H]4[C@@H]3[C@@H]3[C@H]([C@H]6CCC[C@H]6[C@@H]31)[C@]4(C)[C@@]52O. The quantitative estimate of drug-likeness (QED) is 0.747. The van der Waals surface area contributed by atoms with E-state index in [2.05, 4.69) is 6.92 Å². The number of ether oxygens (including phenoxy) is 1. The maximum Gasteiger partial charge on any atom is 0.315 e. The molecule has 0 spiro atoms. The van der Waals surface area contributed by atoms with Gasteiger partial charge >= 0.3 is 5.97 Å². The van der Waals surface area contributed by atoms with Gasteiger partial charge in [-0.2, -0.15) is 0 Å². The van der Waals surface area contributed by atoms with Crippen LogP contribution >= 0.6 is 0 Å². The third kappa shape index (κ3) is 0.822. The number of carbonyl (C=O) groups is 1. The summed E-state index contributed by atoms with van der Waals surface area (Å²) in [6.07, 6.45) is 6.43. The Hall–Kier alpha value is -0.570. The summed E-state index contributed by atoms with van der Waals surface area (Å²) >= 11 is 0. The zero-order valence-corrected chi connectivity index (χ0v) is 15.2. The number of esters is 1. The summed E-state index contributed by atoms with van der Waals surface area (Å²) in [5, 5.41) is 12.6. The normalized spacial score (nSPS) is 76.8. The number of hydrogen-bond donors (Lipinski definition) is 1. The summed E-state index contributed by atoms with van der Waals surface area (Å²) < 4.78 is 5.56. The Balaban J connectivity index is 1.53. The Morgan fingerprint density at radius 3 is 2.36 bits per heavy atom. The lowest BCUT2D eigenvalue weighted by Crippen LogP contribution is -2.72. The van der Waals surface area contributed by atoms with Crippen molar-refractivity contribution in [1.29, 1.82) is 0 Å². The molecule has 0 aliphatic heterocycles. The molecule has 9 saturated carbocycles. The standard InChI is InChI=1S/C22H28O3/c1-20-15-8-4-3-5-9(8)16-13(15)14-17-10-6-7-11(12(10)18(14)20)22(20,24)21(16,17)19(23)25-2/h8-18,24H,3-7H2,1-2H3/t8-,9+,10+,11+,12+,13+,14+,15-,16-,17+,18+,20-,21-,22-/m0/s1. The largest absolute Gasteiger partial charge is 0.468 e. The van der Waals surface area contributed by atoms with Gasteiger partial charge in [0.05, 0.1) is 12.7 Å². The first-order valence-corrected chi connectivity index (χ1v) is 10.9. The zero-order valence-electron chi connectivity index (χ0n) is 15.2. The molecule has 1 N–H and O–H groups in total. The second-order valence-corrected chi connectivity index (χ2v) is 11.4. The molecule has 134 valence electrons. The van der Waals surface area contributed by atoms with E-state index >= 15 is 0 Å². The number of hydrogen-bond acceptors (Lipinski definition) is 3. The van der Waals surface area contributed by atoms with E-state index < -0.39 is 11.0 Å². The van der Waals surface area contributed by atoms with E-state index in [0.29, 0.717) is 35.5 Å². The Morgan fingerprint density at radius 1 is 0.920 bits per heavy atom. The fraction of sp³-hybridized carbons (Fsp3) is 0.955. The van der Waals surface area contributed by atoms with E-state index in [1.807, 2.05) is 0 Å². The third-order valence-corrected chi connectivity index (χ3v) is 12.2. The molecule has 9 fully saturated rings. The highest BCUT2D eigenvalue weighted by atomic mass is 16.5. The predicted molar refractivity (Wildman–Crippen MR) is 89.0 cm³/mol. The van der Waals surface area contributed by atoms with Crippen LogP contribution in [-0.4, -0.2) is 23.8 Å². The van der Waals surface area contributed by atoms with Crippen LogP contribution in [-0.2, 0) is 9.53 Å². The number of rotatable bonds is 1. The molecule has 3 heteroatoms. The fourth-order valence-electron chi connectivity index (χ4n) is 13.0. The highest BCUT2D eigenvalue weighted by Gasteiger charge is 3.01. The number of carbonyl (C=O) groups excluding carboxylic acids is 1. The van der Waals surface area contributed by atoms with Crippen molar-refractivity contribution in [3.63, 3.8) is 0 Å². The molecule has 9 rings (SSSR count). The van der Waals surface area contributed by atoms with Crippen molar-refractivity contribution in [1.82, 2.24) is 0 Å². The minimum absolute atomic E-state index is 0.00220. The molecule has 0 saturated heterocycles. The molecule has 9 aliphatic rings. The van der Waals surface area contributed by atoms with Crippen LogP contribution in [0.25, 0.3) is 0 Å². The summed E-state index contributed by atoms with van der Waals surface area (Å²) in [4.78, 5) is 13.6. The second-order valence-electron chi connectivity index (χ2n) is 11.4. The first-order chi connectivity index (χ1) is 12.1. The molecule has 0 aromatic rings. The molecule has 0 aromatic heterocycles. The van der Waals surface area contributed by atoms with Gasteiger partial charge in [0, 0.05) is 5.41 Å². The Bertz CT molecular complexity index is 762. The minimum Gasteiger partial charge on any atom is -0.468 e. The predicted octanol–water partition coefficient (Wildman–Crippen LogP) is 2.72. The Morgan fingerprint density at radius 2 is 1.60 bits per heavy atom. The van der Waals surface area contributed by atoms with Crippen LogP contribution in [0, 0.1) is 75.9 Å². The first kappa shape index (κ1) is 13.6. The van der Waals surface area contributed by atoms with E-state index in [9.17, 15) is 9.90 Å². The van der Waals surface area contributed by atoms with Crippen molar-refractivity contribution < 1.29 is 14.6 Å². The van der Waals surface area contributed by atoms with Crippen molar-refractivity contribution in [3.05, 3.63) is 0 Å². The van der Waals surface area contributed by atoms with Crippen molar-refractivity contribution in [2.75, 3.05) is 7.11 Å². The van der Waals surface area contributed by atoms with Crippen LogP contribution in [0.2, 0.25) is 0 Å². The molecular weight excluding hydrogens is 312 g/mol. The molecule has 14 atom stereocenters. The molecule has 9 bridgehead atoms. The van der Waals surface area contributed by atoms with Gasteiger partial charge in [0.1, 0.15) is 5.41 Å². The Kier molecular flexibility index (Phi) is 1.81. The van der Waals surface area contributed by atoms with Gasteiger partial charge in [0.15, 0.2) is 0 Å². The van der Waals surface area contributed by atoms with Gasteiger partial charge in [-0.05, 0) is 90.8 Å². The van der Waals surface area contributed by atoms with Crippen LogP contribution < -0.4 is 0 Å². The lowest BCUT2D eigenvalue weighted by atomic mass is 9.43. The van der Waals surface area contributed by atoms with Crippen molar-refractivity contribution in [3.8, 4) is 0 Å². The van der Waals surface area contributed by atoms with E-state index in [1.54, 1.807) is 7.11 Å². The van der Waals surface area contributed by atoms with E-state index in [4.69, 9.17) is 4.74 Å². The fourth-order valence-corrected chi connectivity index (χ4v) is 13.0. The molecule has 0 unspecified atom stereocenters. The number of fused-ring (bicyclic) bond motifs is 1. The van der Waals surface area contributed by atoms with Crippen LogP contribution in [0.5, 0.6) is 0 Å². The van der Waals surface area contributed by atoms with Gasteiger partial charge in [-0.3, -0.25) is 4.79 Å². The van der Waals surface area contributed by atoms with Crippen LogP contribution in [0.1, 0.15) is 39.0 Å². The maximum atomic E-state index is 13.6. The van der Waals surface area contributed by atoms with Crippen molar-refractivity contribution >= 4 is 5.97 Å². The lowest BCUT2D eigenvalue weighted by molar-refractivity contribution is -0.262.